The molecule has 0 saturated heterocycles. The van der Waals surface area contributed by atoms with Gasteiger partial charge in [0.1, 0.15) is 11.6 Å². The molecule has 0 saturated carbocycles. The average Bonchev–Trinajstić information content (AvgIpc) is 2.55. The van der Waals surface area contributed by atoms with Crippen molar-refractivity contribution in [2.24, 2.45) is 0 Å². The summed E-state index contributed by atoms with van der Waals surface area (Å²) in [7, 11) is 3.38. The number of rotatable bonds is 6. The van der Waals surface area contributed by atoms with Crippen molar-refractivity contribution in [3.8, 4) is 5.75 Å². The third-order valence-corrected chi connectivity index (χ3v) is 4.17. The Morgan fingerprint density at radius 2 is 2.00 bits per heavy atom. The first-order valence-electron chi connectivity index (χ1n) is 7.49. The van der Waals surface area contributed by atoms with E-state index < -0.39 is 0 Å². The van der Waals surface area contributed by atoms with E-state index in [0.29, 0.717) is 16.8 Å². The molecule has 0 bridgehead atoms. The van der Waals surface area contributed by atoms with Gasteiger partial charge < -0.3 is 15.0 Å². The molecule has 0 spiro atoms. The van der Waals surface area contributed by atoms with Crippen molar-refractivity contribution in [3.05, 3.63) is 57.8 Å². The fourth-order valence-corrected chi connectivity index (χ4v) is 2.43. The van der Waals surface area contributed by atoms with E-state index in [1.54, 1.807) is 20.2 Å². The molecule has 0 aliphatic rings. The van der Waals surface area contributed by atoms with Crippen LogP contribution in [0, 0.1) is 12.7 Å². The number of hydrogen-bond donors (Lipinski definition) is 1. The number of ether oxygens (including phenoxy) is 1. The van der Waals surface area contributed by atoms with Crippen LogP contribution >= 0.6 is 15.9 Å². The Hall–Kier alpha value is -2.08. The van der Waals surface area contributed by atoms with E-state index in [1.165, 1.54) is 11.0 Å². The van der Waals surface area contributed by atoms with Crippen molar-refractivity contribution in [1.82, 2.24) is 4.90 Å². The maximum Gasteiger partial charge on any atom is 0.259 e. The number of aryl methyl sites for hydroxylation is 1. The molecule has 1 N–H and O–H groups in total. The highest BCUT2D eigenvalue weighted by Crippen LogP contribution is 2.26. The molecule has 0 heterocycles. The SMILES string of the molecule is Cc1cc(F)c(Br)cc1NCc1ccccc1OCC(=O)N(C)C. The minimum absolute atomic E-state index is 0.00879. The summed E-state index contributed by atoms with van der Waals surface area (Å²) in [6.45, 7) is 2.34. The third-order valence-electron chi connectivity index (χ3n) is 3.56. The Balaban J connectivity index is 2.08. The van der Waals surface area contributed by atoms with Crippen LogP contribution < -0.4 is 10.1 Å². The van der Waals surface area contributed by atoms with Crippen LogP contribution in [0.2, 0.25) is 0 Å². The van der Waals surface area contributed by atoms with Crippen LogP contribution in [0.15, 0.2) is 40.9 Å². The second-order valence-electron chi connectivity index (χ2n) is 5.62. The van der Waals surface area contributed by atoms with Crippen LogP contribution in [0.25, 0.3) is 0 Å². The van der Waals surface area contributed by atoms with E-state index in [0.717, 1.165) is 16.8 Å². The molecule has 0 aliphatic carbocycles. The molecule has 24 heavy (non-hydrogen) atoms. The molecule has 0 aromatic heterocycles. The first kappa shape index (κ1) is 18.3. The number of halogens is 2. The topological polar surface area (TPSA) is 41.6 Å². The predicted molar refractivity (Wildman–Crippen MR) is 96.8 cm³/mol. The lowest BCUT2D eigenvalue weighted by Gasteiger charge is -2.15. The maximum absolute atomic E-state index is 13.5. The van der Waals surface area contributed by atoms with Crippen molar-refractivity contribution < 1.29 is 13.9 Å². The van der Waals surface area contributed by atoms with Gasteiger partial charge in [-0.15, -0.1) is 0 Å². The summed E-state index contributed by atoms with van der Waals surface area (Å²) < 4.78 is 19.5. The van der Waals surface area contributed by atoms with Crippen LogP contribution in [0.1, 0.15) is 11.1 Å². The Morgan fingerprint density at radius 1 is 1.29 bits per heavy atom. The molecule has 0 unspecified atom stereocenters. The zero-order valence-corrected chi connectivity index (χ0v) is 15.5. The minimum Gasteiger partial charge on any atom is -0.483 e. The number of nitrogens with one attached hydrogen (secondary N) is 1. The summed E-state index contributed by atoms with van der Waals surface area (Å²) in [4.78, 5) is 13.2. The lowest BCUT2D eigenvalue weighted by molar-refractivity contribution is -0.130. The van der Waals surface area contributed by atoms with Gasteiger partial charge in [0.15, 0.2) is 6.61 Å². The number of carbonyl (C=O) groups is 1. The highest BCUT2D eigenvalue weighted by atomic mass is 79.9. The van der Waals surface area contributed by atoms with Crippen LogP contribution in [0.5, 0.6) is 5.75 Å². The summed E-state index contributed by atoms with van der Waals surface area (Å²) in [5.41, 5.74) is 2.57. The maximum atomic E-state index is 13.5. The number of likely N-dealkylation sites (N-methyl/N-ethyl adjacent to an activating group) is 1. The van der Waals surface area contributed by atoms with Crippen molar-refractivity contribution in [1.29, 1.82) is 0 Å². The minimum atomic E-state index is -0.288. The van der Waals surface area contributed by atoms with Gasteiger partial charge in [-0.1, -0.05) is 18.2 Å². The van der Waals surface area contributed by atoms with Gasteiger partial charge >= 0.3 is 0 Å². The van der Waals surface area contributed by atoms with Gasteiger partial charge in [0.25, 0.3) is 5.91 Å². The normalized spacial score (nSPS) is 10.4. The highest BCUT2D eigenvalue weighted by molar-refractivity contribution is 9.10. The van der Waals surface area contributed by atoms with Crippen molar-refractivity contribution in [3.63, 3.8) is 0 Å². The molecule has 4 nitrogen and oxygen atoms in total. The Morgan fingerprint density at radius 3 is 2.71 bits per heavy atom. The molecule has 6 heteroatoms. The number of benzene rings is 2. The number of amides is 1. The molecule has 1 amide bonds. The monoisotopic (exact) mass is 394 g/mol. The fourth-order valence-electron chi connectivity index (χ4n) is 2.09. The molecule has 2 aromatic carbocycles. The Kier molecular flexibility index (Phi) is 6.20. The first-order chi connectivity index (χ1) is 11.4. The summed E-state index contributed by atoms with van der Waals surface area (Å²) in [6.07, 6.45) is 0. The molecular weight excluding hydrogens is 375 g/mol. The summed E-state index contributed by atoms with van der Waals surface area (Å²) in [5.74, 6) is 0.263. The third kappa shape index (κ3) is 4.71. The van der Waals surface area contributed by atoms with E-state index in [-0.39, 0.29) is 18.3 Å². The second kappa shape index (κ2) is 8.15. The molecule has 0 aliphatic heterocycles. The smallest absolute Gasteiger partial charge is 0.259 e. The molecule has 0 radical (unpaired) electrons. The van der Waals surface area contributed by atoms with Crippen LogP contribution in [-0.4, -0.2) is 31.5 Å². The largest absolute Gasteiger partial charge is 0.483 e. The number of hydrogen-bond acceptors (Lipinski definition) is 3. The quantitative estimate of drug-likeness (QED) is 0.805. The van der Waals surface area contributed by atoms with E-state index in [4.69, 9.17) is 4.74 Å². The highest BCUT2D eigenvalue weighted by Gasteiger charge is 2.09. The van der Waals surface area contributed by atoms with E-state index in [2.05, 4.69) is 21.2 Å². The van der Waals surface area contributed by atoms with Crippen LogP contribution in [0.4, 0.5) is 10.1 Å². The molecule has 0 atom stereocenters. The van der Waals surface area contributed by atoms with E-state index in [9.17, 15) is 9.18 Å². The van der Waals surface area contributed by atoms with Crippen LogP contribution in [-0.2, 0) is 11.3 Å². The van der Waals surface area contributed by atoms with E-state index in [1.807, 2.05) is 31.2 Å². The first-order valence-corrected chi connectivity index (χ1v) is 8.28. The van der Waals surface area contributed by atoms with Crippen molar-refractivity contribution in [2.75, 3.05) is 26.0 Å². The van der Waals surface area contributed by atoms with Gasteiger partial charge in [-0.3, -0.25) is 4.79 Å². The van der Waals surface area contributed by atoms with Gasteiger partial charge in [-0.05, 0) is 46.6 Å². The zero-order valence-electron chi connectivity index (χ0n) is 13.9. The van der Waals surface area contributed by atoms with Crippen molar-refractivity contribution in [2.45, 2.75) is 13.5 Å². The number of para-hydroxylation sites is 1. The molecule has 0 fully saturated rings. The Bertz CT molecular complexity index is 735. The van der Waals surface area contributed by atoms with Gasteiger partial charge in [-0.25, -0.2) is 4.39 Å². The summed E-state index contributed by atoms with van der Waals surface area (Å²) >= 11 is 3.19. The van der Waals surface area contributed by atoms with Crippen LogP contribution in [0.3, 0.4) is 0 Å². The second-order valence-corrected chi connectivity index (χ2v) is 6.47. The standard InChI is InChI=1S/C18H20BrFN2O2/c1-12-8-15(20)14(19)9-16(12)21-10-13-6-4-5-7-17(13)24-11-18(23)22(2)3/h4-9,21H,10-11H2,1-3H3. The molecule has 2 rings (SSSR count). The molecular formula is C18H20BrFN2O2. The molecule has 2 aromatic rings. The summed E-state index contributed by atoms with van der Waals surface area (Å²) in [5, 5.41) is 3.28. The van der Waals surface area contributed by atoms with Gasteiger partial charge in [0, 0.05) is 31.9 Å². The average molecular weight is 395 g/mol. The fraction of sp³-hybridized carbons (Fsp3) is 0.278. The predicted octanol–water partition coefficient (Wildman–Crippen LogP) is 3.98. The van der Waals surface area contributed by atoms with Crippen molar-refractivity contribution >= 4 is 27.5 Å². The van der Waals surface area contributed by atoms with Gasteiger partial charge in [-0.2, -0.15) is 0 Å². The Labute approximate surface area is 149 Å². The number of anilines is 1. The number of nitrogens with zero attached hydrogens (tertiary/aromatic N) is 1. The summed E-state index contributed by atoms with van der Waals surface area (Å²) in [6, 6.07) is 10.7. The number of carbonyl (C=O) groups excluding carboxylic acids is 1. The van der Waals surface area contributed by atoms with E-state index >= 15 is 0 Å². The lowest BCUT2D eigenvalue weighted by atomic mass is 10.1. The van der Waals surface area contributed by atoms with Gasteiger partial charge in [0.2, 0.25) is 0 Å². The zero-order chi connectivity index (χ0) is 17.7. The lowest BCUT2D eigenvalue weighted by Crippen LogP contribution is -2.27. The van der Waals surface area contributed by atoms with Gasteiger partial charge in [0.05, 0.1) is 4.47 Å². The molecule has 128 valence electrons.